The molecule has 1 heterocycles. The number of aryl methyl sites for hydroxylation is 1. The van der Waals surface area contributed by atoms with Crippen LogP contribution in [0.2, 0.25) is 0 Å². The zero-order valence-electron chi connectivity index (χ0n) is 13.9. The van der Waals surface area contributed by atoms with Crippen LogP contribution in [0.5, 0.6) is 0 Å². The number of hydrogen-bond donors (Lipinski definition) is 2. The van der Waals surface area contributed by atoms with E-state index in [-0.39, 0.29) is 12.2 Å². The molecule has 0 radical (unpaired) electrons. The van der Waals surface area contributed by atoms with Crippen molar-refractivity contribution in [1.82, 2.24) is 0 Å². The molecule has 3 rings (SSSR count). The van der Waals surface area contributed by atoms with Gasteiger partial charge in [-0.1, -0.05) is 66.3 Å². The fourth-order valence-electron chi connectivity index (χ4n) is 2.84. The molecule has 2 aromatic rings. The summed E-state index contributed by atoms with van der Waals surface area (Å²) in [5.74, 6) is -0.876. The number of amides is 1. The van der Waals surface area contributed by atoms with Crippen molar-refractivity contribution < 1.29 is 14.7 Å². The Bertz CT molecular complexity index is 868. The molecule has 1 amide bonds. The van der Waals surface area contributed by atoms with E-state index in [9.17, 15) is 14.7 Å². The van der Waals surface area contributed by atoms with Crippen molar-refractivity contribution in [3.05, 3.63) is 83.4 Å². The van der Waals surface area contributed by atoms with E-state index in [1.165, 1.54) is 6.08 Å². The number of anilines is 1. The summed E-state index contributed by atoms with van der Waals surface area (Å²) < 4.78 is 0. The van der Waals surface area contributed by atoms with Gasteiger partial charge in [0, 0.05) is 11.3 Å². The summed E-state index contributed by atoms with van der Waals surface area (Å²) in [5.41, 5.74) is 1.14. The molecule has 1 atom stereocenters. The normalized spacial score (nSPS) is 19.4. The topological polar surface area (TPSA) is 66.4 Å². The quantitative estimate of drug-likeness (QED) is 0.651. The second-order valence-corrected chi connectivity index (χ2v) is 6.14. The standard InChI is InChI=1S/C21H19NO3/c1-15-11-12-19-18(13-15)21(25,20(24)22-19)14-17(23)10-6-5-9-16-7-3-2-4-8-16/h2-13,25H,14H2,1H3,(H,22,24)/t21-/m1/s1. The number of benzene rings is 2. The first-order chi connectivity index (χ1) is 12.0. The van der Waals surface area contributed by atoms with Crippen LogP contribution in [-0.2, 0) is 15.2 Å². The third kappa shape index (κ3) is 3.59. The number of nitrogens with one attached hydrogen (secondary N) is 1. The summed E-state index contributed by atoms with van der Waals surface area (Å²) in [6.45, 7) is 1.87. The molecule has 1 aliphatic heterocycles. The maximum Gasteiger partial charge on any atom is 0.261 e. The number of ketones is 1. The zero-order chi connectivity index (χ0) is 17.9. The summed E-state index contributed by atoms with van der Waals surface area (Å²) in [5, 5.41) is 13.4. The number of carbonyl (C=O) groups excluding carboxylic acids is 2. The van der Waals surface area contributed by atoms with E-state index in [2.05, 4.69) is 5.32 Å². The molecular formula is C21H19NO3. The molecule has 2 N–H and O–H groups in total. The Balaban J connectivity index is 1.71. The summed E-state index contributed by atoms with van der Waals surface area (Å²) in [4.78, 5) is 24.4. The molecule has 4 nitrogen and oxygen atoms in total. The summed E-state index contributed by atoms with van der Waals surface area (Å²) in [6.07, 6.45) is 6.33. The molecule has 0 fully saturated rings. The zero-order valence-corrected chi connectivity index (χ0v) is 13.9. The van der Waals surface area contributed by atoms with Crippen LogP contribution < -0.4 is 5.32 Å². The molecule has 2 aromatic carbocycles. The second-order valence-electron chi connectivity index (χ2n) is 6.14. The van der Waals surface area contributed by atoms with E-state index < -0.39 is 11.5 Å². The van der Waals surface area contributed by atoms with Crippen molar-refractivity contribution in [3.8, 4) is 0 Å². The van der Waals surface area contributed by atoms with Gasteiger partial charge in [0.2, 0.25) is 0 Å². The van der Waals surface area contributed by atoms with Crippen LogP contribution in [0.4, 0.5) is 5.69 Å². The van der Waals surface area contributed by atoms with Gasteiger partial charge in [0.05, 0.1) is 6.42 Å². The van der Waals surface area contributed by atoms with Crippen molar-refractivity contribution in [3.63, 3.8) is 0 Å². The predicted molar refractivity (Wildman–Crippen MR) is 97.9 cm³/mol. The number of hydrogen-bond acceptors (Lipinski definition) is 3. The van der Waals surface area contributed by atoms with Crippen LogP contribution in [0.3, 0.4) is 0 Å². The van der Waals surface area contributed by atoms with Crippen molar-refractivity contribution >= 4 is 23.5 Å². The molecule has 1 aliphatic rings. The Kier molecular flexibility index (Phi) is 4.63. The summed E-state index contributed by atoms with van der Waals surface area (Å²) >= 11 is 0. The predicted octanol–water partition coefficient (Wildman–Crippen LogP) is 3.36. The third-order valence-corrected chi connectivity index (χ3v) is 4.16. The number of rotatable bonds is 5. The Morgan fingerprint density at radius 1 is 1.16 bits per heavy atom. The average Bonchev–Trinajstić information content (AvgIpc) is 2.83. The van der Waals surface area contributed by atoms with E-state index in [1.807, 2.05) is 49.4 Å². The molecule has 126 valence electrons. The molecule has 4 heteroatoms. The molecular weight excluding hydrogens is 314 g/mol. The Labute approximate surface area is 146 Å². The van der Waals surface area contributed by atoms with Crippen molar-refractivity contribution in [1.29, 1.82) is 0 Å². The number of fused-ring (bicyclic) bond motifs is 1. The van der Waals surface area contributed by atoms with E-state index in [4.69, 9.17) is 0 Å². The lowest BCUT2D eigenvalue weighted by molar-refractivity contribution is -0.138. The second kappa shape index (κ2) is 6.87. The van der Waals surface area contributed by atoms with Gasteiger partial charge < -0.3 is 10.4 Å². The van der Waals surface area contributed by atoms with Gasteiger partial charge in [0.25, 0.3) is 5.91 Å². The number of allylic oxidation sites excluding steroid dienone is 3. The van der Waals surface area contributed by atoms with Crippen molar-refractivity contribution in [2.75, 3.05) is 5.32 Å². The van der Waals surface area contributed by atoms with Crippen LogP contribution in [0.25, 0.3) is 6.08 Å². The first-order valence-corrected chi connectivity index (χ1v) is 8.07. The fraction of sp³-hybridized carbons (Fsp3) is 0.143. The largest absolute Gasteiger partial charge is 0.375 e. The number of aliphatic hydroxyl groups is 1. The monoisotopic (exact) mass is 333 g/mol. The molecule has 0 bridgehead atoms. The van der Waals surface area contributed by atoms with Crippen molar-refractivity contribution in [2.24, 2.45) is 0 Å². The highest BCUT2D eigenvalue weighted by Gasteiger charge is 2.46. The highest BCUT2D eigenvalue weighted by Crippen LogP contribution is 2.39. The van der Waals surface area contributed by atoms with Crippen LogP contribution >= 0.6 is 0 Å². The minimum atomic E-state index is -1.81. The highest BCUT2D eigenvalue weighted by molar-refractivity contribution is 6.08. The van der Waals surface area contributed by atoms with Gasteiger partial charge in [-0.25, -0.2) is 0 Å². The molecule has 25 heavy (non-hydrogen) atoms. The lowest BCUT2D eigenvalue weighted by Crippen LogP contribution is -2.36. The molecule has 0 spiro atoms. The van der Waals surface area contributed by atoms with Gasteiger partial charge in [-0.15, -0.1) is 0 Å². The molecule has 0 unspecified atom stereocenters. The minimum Gasteiger partial charge on any atom is -0.375 e. The lowest BCUT2D eigenvalue weighted by atomic mass is 9.89. The Hall–Kier alpha value is -2.98. The molecule has 0 aliphatic carbocycles. The van der Waals surface area contributed by atoms with Gasteiger partial charge in [0.1, 0.15) is 0 Å². The van der Waals surface area contributed by atoms with Gasteiger partial charge in [-0.05, 0) is 24.6 Å². The summed E-state index contributed by atoms with van der Waals surface area (Å²) in [6, 6.07) is 15.0. The van der Waals surface area contributed by atoms with Crippen LogP contribution in [-0.4, -0.2) is 16.8 Å². The van der Waals surface area contributed by atoms with Gasteiger partial charge in [-0.2, -0.15) is 0 Å². The Morgan fingerprint density at radius 3 is 2.68 bits per heavy atom. The number of carbonyl (C=O) groups is 2. The SMILES string of the molecule is Cc1ccc2c(c1)[C@](O)(CC(=O)C=CC=Cc1ccccc1)C(=O)N2. The first kappa shape index (κ1) is 16.9. The average molecular weight is 333 g/mol. The van der Waals surface area contributed by atoms with Gasteiger partial charge in [-0.3, -0.25) is 9.59 Å². The molecule has 0 saturated heterocycles. The fourth-order valence-corrected chi connectivity index (χ4v) is 2.84. The van der Waals surface area contributed by atoms with E-state index in [0.29, 0.717) is 11.3 Å². The maximum atomic E-state index is 12.2. The summed E-state index contributed by atoms with van der Waals surface area (Å²) in [7, 11) is 0. The smallest absolute Gasteiger partial charge is 0.261 e. The first-order valence-electron chi connectivity index (χ1n) is 8.07. The molecule has 0 aromatic heterocycles. The van der Waals surface area contributed by atoms with Gasteiger partial charge >= 0.3 is 0 Å². The van der Waals surface area contributed by atoms with Crippen LogP contribution in [0.15, 0.2) is 66.8 Å². The highest BCUT2D eigenvalue weighted by atomic mass is 16.3. The Morgan fingerprint density at radius 2 is 1.92 bits per heavy atom. The van der Waals surface area contributed by atoms with E-state index in [1.54, 1.807) is 24.3 Å². The van der Waals surface area contributed by atoms with E-state index >= 15 is 0 Å². The minimum absolute atomic E-state index is 0.287. The lowest BCUT2D eigenvalue weighted by Gasteiger charge is -2.19. The van der Waals surface area contributed by atoms with Crippen molar-refractivity contribution in [2.45, 2.75) is 18.9 Å². The van der Waals surface area contributed by atoms with E-state index in [0.717, 1.165) is 11.1 Å². The van der Waals surface area contributed by atoms with Crippen LogP contribution in [0.1, 0.15) is 23.1 Å². The van der Waals surface area contributed by atoms with Crippen LogP contribution in [0, 0.1) is 6.92 Å². The maximum absolute atomic E-state index is 12.2. The molecule has 0 saturated carbocycles. The van der Waals surface area contributed by atoms with Gasteiger partial charge in [0.15, 0.2) is 11.4 Å². The third-order valence-electron chi connectivity index (χ3n) is 4.16.